The third-order valence-electron chi connectivity index (χ3n) is 2.65. The maximum atomic E-state index is 11.9. The highest BCUT2D eigenvalue weighted by molar-refractivity contribution is 9.10. The third-order valence-corrected chi connectivity index (χ3v) is 3.22. The van der Waals surface area contributed by atoms with E-state index in [0.717, 1.165) is 6.42 Å². The number of amides is 1. The van der Waals surface area contributed by atoms with Gasteiger partial charge in [-0.2, -0.15) is 5.10 Å². The zero-order valence-electron chi connectivity index (χ0n) is 11.3. The van der Waals surface area contributed by atoms with Crippen molar-refractivity contribution in [3.63, 3.8) is 0 Å². The maximum Gasteiger partial charge on any atom is 0.410 e. The molecular weight excluding hydrogens is 314 g/mol. The summed E-state index contributed by atoms with van der Waals surface area (Å²) >= 11 is 3.31. The molecule has 1 saturated heterocycles. The molecule has 7 heteroatoms. The second kappa shape index (κ2) is 5.40. The molecule has 1 aliphatic rings. The molecule has 0 aromatic carbocycles. The van der Waals surface area contributed by atoms with Crippen LogP contribution in [0.1, 0.15) is 27.2 Å². The Balaban J connectivity index is 1.86. The Morgan fingerprint density at radius 3 is 2.89 bits per heavy atom. The van der Waals surface area contributed by atoms with Crippen LogP contribution < -0.4 is 4.74 Å². The van der Waals surface area contributed by atoms with Crippen molar-refractivity contribution in [1.29, 1.82) is 0 Å². The molecule has 2 heterocycles. The summed E-state index contributed by atoms with van der Waals surface area (Å²) in [6.45, 7) is 6.76. The number of hydrogen-bond donors (Lipinski definition) is 1. The second-order valence-electron chi connectivity index (χ2n) is 5.50. The van der Waals surface area contributed by atoms with Gasteiger partial charge in [-0.15, -0.1) is 0 Å². The lowest BCUT2D eigenvalue weighted by atomic mass is 10.2. The maximum absolute atomic E-state index is 11.9. The van der Waals surface area contributed by atoms with Crippen molar-refractivity contribution >= 4 is 22.0 Å². The van der Waals surface area contributed by atoms with Crippen molar-refractivity contribution in [3.05, 3.63) is 10.8 Å². The molecule has 1 unspecified atom stereocenters. The van der Waals surface area contributed by atoms with Crippen molar-refractivity contribution in [2.24, 2.45) is 0 Å². The number of H-pyrrole nitrogens is 1. The lowest BCUT2D eigenvalue weighted by molar-refractivity contribution is 0.0275. The van der Waals surface area contributed by atoms with E-state index in [1.165, 1.54) is 0 Å². The van der Waals surface area contributed by atoms with Crippen LogP contribution in [0.4, 0.5) is 4.79 Å². The van der Waals surface area contributed by atoms with Crippen LogP contribution in [-0.4, -0.2) is 46.0 Å². The number of aromatic nitrogens is 2. The summed E-state index contributed by atoms with van der Waals surface area (Å²) < 4.78 is 11.8. The van der Waals surface area contributed by atoms with Crippen LogP contribution >= 0.6 is 15.9 Å². The normalized spacial score (nSPS) is 19.6. The largest absolute Gasteiger partial charge is 0.484 e. The molecule has 1 atom stereocenters. The van der Waals surface area contributed by atoms with Gasteiger partial charge in [-0.1, -0.05) is 0 Å². The molecule has 0 radical (unpaired) electrons. The average Bonchev–Trinajstić information content (AvgIpc) is 2.87. The molecule has 1 fully saturated rings. The van der Waals surface area contributed by atoms with Gasteiger partial charge in [0.05, 0.1) is 12.7 Å². The van der Waals surface area contributed by atoms with E-state index in [0.29, 0.717) is 23.4 Å². The zero-order valence-corrected chi connectivity index (χ0v) is 12.9. The predicted octanol–water partition coefficient (Wildman–Crippen LogP) is 2.56. The van der Waals surface area contributed by atoms with Crippen molar-refractivity contribution in [2.45, 2.75) is 38.9 Å². The van der Waals surface area contributed by atoms with Gasteiger partial charge in [0.15, 0.2) is 5.75 Å². The van der Waals surface area contributed by atoms with Gasteiger partial charge in [0.25, 0.3) is 0 Å². The summed E-state index contributed by atoms with van der Waals surface area (Å²) in [5.41, 5.74) is -0.469. The van der Waals surface area contributed by atoms with Crippen LogP contribution in [0.3, 0.4) is 0 Å². The molecule has 2 rings (SSSR count). The minimum Gasteiger partial charge on any atom is -0.484 e. The van der Waals surface area contributed by atoms with E-state index in [4.69, 9.17) is 9.47 Å². The van der Waals surface area contributed by atoms with E-state index < -0.39 is 5.60 Å². The van der Waals surface area contributed by atoms with Crippen molar-refractivity contribution in [3.8, 4) is 5.75 Å². The molecule has 1 aromatic heterocycles. The van der Waals surface area contributed by atoms with Gasteiger partial charge in [-0.3, -0.25) is 5.10 Å². The smallest absolute Gasteiger partial charge is 0.410 e. The fraction of sp³-hybridized carbons (Fsp3) is 0.667. The fourth-order valence-corrected chi connectivity index (χ4v) is 2.14. The zero-order chi connectivity index (χ0) is 14.0. The molecule has 0 spiro atoms. The topological polar surface area (TPSA) is 67.4 Å². The van der Waals surface area contributed by atoms with Gasteiger partial charge >= 0.3 is 6.09 Å². The Hall–Kier alpha value is -1.24. The number of ether oxygens (including phenoxy) is 2. The van der Waals surface area contributed by atoms with E-state index in [1.807, 2.05) is 20.8 Å². The Kier molecular flexibility index (Phi) is 4.03. The number of nitrogens with one attached hydrogen (secondary N) is 1. The minimum atomic E-state index is -0.469. The molecule has 0 saturated carbocycles. The van der Waals surface area contributed by atoms with Crippen LogP contribution in [0.25, 0.3) is 0 Å². The van der Waals surface area contributed by atoms with Gasteiger partial charge in [-0.05, 0) is 36.7 Å². The summed E-state index contributed by atoms with van der Waals surface area (Å²) in [5, 5.41) is 6.61. The molecule has 6 nitrogen and oxygen atoms in total. The van der Waals surface area contributed by atoms with Crippen LogP contribution in [0.2, 0.25) is 0 Å². The van der Waals surface area contributed by atoms with E-state index in [1.54, 1.807) is 11.1 Å². The second-order valence-corrected chi connectivity index (χ2v) is 6.30. The van der Waals surface area contributed by atoms with Gasteiger partial charge < -0.3 is 14.4 Å². The monoisotopic (exact) mass is 331 g/mol. The first-order chi connectivity index (χ1) is 8.85. The van der Waals surface area contributed by atoms with Gasteiger partial charge in [0.1, 0.15) is 16.3 Å². The first-order valence-corrected chi connectivity index (χ1v) is 6.98. The Morgan fingerprint density at radius 1 is 1.58 bits per heavy atom. The number of carbonyl (C=O) groups is 1. The van der Waals surface area contributed by atoms with Crippen LogP contribution in [0.15, 0.2) is 10.8 Å². The first-order valence-electron chi connectivity index (χ1n) is 6.18. The molecule has 0 aliphatic carbocycles. The number of carbonyl (C=O) groups excluding carboxylic acids is 1. The van der Waals surface area contributed by atoms with Crippen molar-refractivity contribution in [2.75, 3.05) is 13.1 Å². The molecule has 19 heavy (non-hydrogen) atoms. The number of likely N-dealkylation sites (tertiary alicyclic amines) is 1. The van der Waals surface area contributed by atoms with E-state index in [2.05, 4.69) is 26.1 Å². The van der Waals surface area contributed by atoms with Crippen LogP contribution in [0.5, 0.6) is 5.75 Å². The van der Waals surface area contributed by atoms with Gasteiger partial charge in [0.2, 0.25) is 0 Å². The van der Waals surface area contributed by atoms with E-state index in [9.17, 15) is 4.79 Å². The van der Waals surface area contributed by atoms with Crippen molar-refractivity contribution < 1.29 is 14.3 Å². The van der Waals surface area contributed by atoms with E-state index >= 15 is 0 Å². The Morgan fingerprint density at radius 2 is 2.32 bits per heavy atom. The van der Waals surface area contributed by atoms with Gasteiger partial charge in [-0.25, -0.2) is 4.79 Å². The molecular formula is C12H18BrN3O3. The standard InChI is InChI=1S/C12H18BrN3O3/c1-12(2,3)19-11(17)16-5-4-8(7-16)18-9-6-14-15-10(9)13/h6,8H,4-5,7H2,1-3H3,(H,14,15). The molecule has 1 aromatic rings. The highest BCUT2D eigenvalue weighted by Gasteiger charge is 2.31. The Bertz CT molecular complexity index is 455. The molecule has 1 N–H and O–H groups in total. The third kappa shape index (κ3) is 3.86. The SMILES string of the molecule is CC(C)(C)OC(=O)N1CCC(Oc2cn[nH]c2Br)C1. The van der Waals surface area contributed by atoms with Crippen molar-refractivity contribution in [1.82, 2.24) is 15.1 Å². The summed E-state index contributed by atoms with van der Waals surface area (Å²) in [6, 6.07) is 0. The number of halogens is 1. The lowest BCUT2D eigenvalue weighted by Crippen LogP contribution is -2.36. The predicted molar refractivity (Wildman–Crippen MR) is 73.1 cm³/mol. The van der Waals surface area contributed by atoms with E-state index in [-0.39, 0.29) is 12.2 Å². The molecule has 1 amide bonds. The number of hydrogen-bond acceptors (Lipinski definition) is 4. The minimum absolute atomic E-state index is 0.0265. The highest BCUT2D eigenvalue weighted by Crippen LogP contribution is 2.25. The highest BCUT2D eigenvalue weighted by atomic mass is 79.9. The summed E-state index contributed by atoms with van der Waals surface area (Å²) in [7, 11) is 0. The summed E-state index contributed by atoms with van der Waals surface area (Å²) in [4.78, 5) is 13.6. The van der Waals surface area contributed by atoms with Gasteiger partial charge in [0, 0.05) is 13.0 Å². The number of aromatic amines is 1. The lowest BCUT2D eigenvalue weighted by Gasteiger charge is -2.24. The number of rotatable bonds is 2. The summed E-state index contributed by atoms with van der Waals surface area (Å²) in [6.07, 6.45) is 2.09. The fourth-order valence-electron chi connectivity index (χ4n) is 1.84. The molecule has 106 valence electrons. The number of nitrogens with zero attached hydrogens (tertiary/aromatic N) is 2. The van der Waals surface area contributed by atoms with Crippen LogP contribution in [-0.2, 0) is 4.74 Å². The van der Waals surface area contributed by atoms with Crippen LogP contribution in [0, 0.1) is 0 Å². The quantitative estimate of drug-likeness (QED) is 0.904. The average molecular weight is 332 g/mol. The molecule has 0 bridgehead atoms. The first kappa shape index (κ1) is 14.2. The summed E-state index contributed by atoms with van der Waals surface area (Å²) in [5.74, 6) is 0.663. The Labute approximate surface area is 120 Å². The molecule has 1 aliphatic heterocycles.